The number of ether oxygens (including phenoxy) is 1. The van der Waals surface area contributed by atoms with Crippen LogP contribution in [0.3, 0.4) is 0 Å². The van der Waals surface area contributed by atoms with Gasteiger partial charge in [0, 0.05) is 0 Å². The Balaban J connectivity index is 2.02. The first-order valence-electron chi connectivity index (χ1n) is 6.18. The molecule has 106 valence electrons. The third kappa shape index (κ3) is 4.72. The van der Waals surface area contributed by atoms with Gasteiger partial charge in [-0.3, -0.25) is 0 Å². The Bertz CT molecular complexity index is 419. The molecule has 6 heteroatoms. The molecule has 1 saturated carbocycles. The predicted octanol–water partition coefficient (Wildman–Crippen LogP) is 2.62. The zero-order valence-corrected chi connectivity index (χ0v) is 10.3. The molecule has 0 spiro atoms. The molecule has 1 fully saturated rings. The van der Waals surface area contributed by atoms with Gasteiger partial charge in [0.15, 0.2) is 0 Å². The van der Waals surface area contributed by atoms with Crippen LogP contribution < -0.4 is 10.1 Å². The number of halogens is 3. The lowest BCUT2D eigenvalue weighted by Crippen LogP contribution is -2.26. The molecule has 0 heterocycles. The summed E-state index contributed by atoms with van der Waals surface area (Å²) in [6, 6.07) is 5.33. The minimum absolute atomic E-state index is 0.164. The number of hydrogen-bond donors (Lipinski definition) is 2. The van der Waals surface area contributed by atoms with Crippen LogP contribution in [0.4, 0.5) is 13.2 Å². The molecule has 0 amide bonds. The van der Waals surface area contributed by atoms with Crippen LogP contribution in [-0.2, 0) is 0 Å². The van der Waals surface area contributed by atoms with Crippen molar-refractivity contribution >= 4 is 0 Å². The highest BCUT2D eigenvalue weighted by Gasteiger charge is 2.31. The Morgan fingerprint density at radius 1 is 1.37 bits per heavy atom. The van der Waals surface area contributed by atoms with Crippen LogP contribution >= 0.6 is 0 Å². The van der Waals surface area contributed by atoms with E-state index in [0.717, 1.165) is 6.54 Å². The molecule has 0 radical (unpaired) electrons. The van der Waals surface area contributed by atoms with E-state index in [1.54, 1.807) is 6.07 Å². The maximum absolute atomic E-state index is 12.1. The van der Waals surface area contributed by atoms with Crippen molar-refractivity contribution in [2.75, 3.05) is 13.2 Å². The van der Waals surface area contributed by atoms with Crippen LogP contribution in [0.2, 0.25) is 0 Å². The second-order valence-corrected chi connectivity index (χ2v) is 4.71. The first kappa shape index (κ1) is 14.1. The van der Waals surface area contributed by atoms with Crippen LogP contribution in [0.1, 0.15) is 24.4 Å². The SMILES string of the molecule is OCC(NCC1CC1)c1cccc(OC(F)(F)F)c1. The standard InChI is InChI=1S/C13H16F3NO2/c14-13(15,16)19-11-3-1-2-10(6-11)12(8-18)17-7-9-4-5-9/h1-3,6,9,12,17-18H,4-5,7-8H2. The summed E-state index contributed by atoms with van der Waals surface area (Å²) in [5.74, 6) is 0.361. The maximum atomic E-state index is 12.1. The lowest BCUT2D eigenvalue weighted by molar-refractivity contribution is -0.274. The summed E-state index contributed by atoms with van der Waals surface area (Å²) in [6.07, 6.45) is -2.36. The second-order valence-electron chi connectivity index (χ2n) is 4.71. The summed E-state index contributed by atoms with van der Waals surface area (Å²) < 4.78 is 40.3. The molecule has 2 rings (SSSR count). The Kier molecular flexibility index (Phi) is 4.31. The van der Waals surface area contributed by atoms with Crippen molar-refractivity contribution in [1.82, 2.24) is 5.32 Å². The van der Waals surface area contributed by atoms with E-state index in [9.17, 15) is 18.3 Å². The number of nitrogens with one attached hydrogen (secondary N) is 1. The van der Waals surface area contributed by atoms with E-state index in [-0.39, 0.29) is 18.4 Å². The maximum Gasteiger partial charge on any atom is 0.573 e. The van der Waals surface area contributed by atoms with Crippen molar-refractivity contribution in [3.05, 3.63) is 29.8 Å². The highest BCUT2D eigenvalue weighted by Crippen LogP contribution is 2.29. The fourth-order valence-corrected chi connectivity index (χ4v) is 1.85. The van der Waals surface area contributed by atoms with Crippen LogP contribution in [-0.4, -0.2) is 24.6 Å². The number of aliphatic hydroxyl groups is 1. The number of hydrogen-bond acceptors (Lipinski definition) is 3. The second kappa shape index (κ2) is 5.79. The average Bonchev–Trinajstić information content (AvgIpc) is 3.12. The summed E-state index contributed by atoms with van der Waals surface area (Å²) >= 11 is 0. The third-order valence-corrected chi connectivity index (χ3v) is 3.03. The lowest BCUT2D eigenvalue weighted by atomic mass is 10.1. The van der Waals surface area contributed by atoms with E-state index in [2.05, 4.69) is 10.1 Å². The molecule has 1 atom stereocenters. The van der Waals surface area contributed by atoms with Gasteiger partial charge in [0.2, 0.25) is 0 Å². The molecule has 0 aliphatic heterocycles. The Labute approximate surface area is 109 Å². The molecule has 1 aromatic carbocycles. The van der Waals surface area contributed by atoms with E-state index < -0.39 is 6.36 Å². The fraction of sp³-hybridized carbons (Fsp3) is 0.538. The summed E-state index contributed by atoms with van der Waals surface area (Å²) in [5.41, 5.74) is 0.588. The highest BCUT2D eigenvalue weighted by molar-refractivity contribution is 5.30. The summed E-state index contributed by atoms with van der Waals surface area (Å²) in [4.78, 5) is 0. The number of aliphatic hydroxyl groups excluding tert-OH is 1. The fourth-order valence-electron chi connectivity index (χ4n) is 1.85. The Morgan fingerprint density at radius 2 is 2.11 bits per heavy atom. The summed E-state index contributed by atoms with van der Waals surface area (Å²) in [7, 11) is 0. The molecule has 1 aromatic rings. The van der Waals surface area contributed by atoms with Gasteiger partial charge in [-0.15, -0.1) is 13.2 Å². The largest absolute Gasteiger partial charge is 0.573 e. The van der Waals surface area contributed by atoms with Gasteiger partial charge in [-0.2, -0.15) is 0 Å². The van der Waals surface area contributed by atoms with Crippen molar-refractivity contribution in [3.63, 3.8) is 0 Å². The minimum atomic E-state index is -4.70. The van der Waals surface area contributed by atoms with Gasteiger partial charge in [0.25, 0.3) is 0 Å². The molecule has 0 aromatic heterocycles. The van der Waals surface area contributed by atoms with Crippen LogP contribution in [0.15, 0.2) is 24.3 Å². The van der Waals surface area contributed by atoms with Crippen molar-refractivity contribution in [2.24, 2.45) is 5.92 Å². The Hall–Kier alpha value is -1.27. The number of rotatable bonds is 6. The third-order valence-electron chi connectivity index (χ3n) is 3.03. The molecule has 2 N–H and O–H groups in total. The number of benzene rings is 1. The zero-order chi connectivity index (χ0) is 13.9. The van der Waals surface area contributed by atoms with E-state index >= 15 is 0 Å². The molecule has 1 aliphatic carbocycles. The van der Waals surface area contributed by atoms with Gasteiger partial charge in [0.1, 0.15) is 5.75 Å². The van der Waals surface area contributed by atoms with E-state index in [1.165, 1.54) is 31.0 Å². The summed E-state index contributed by atoms with van der Waals surface area (Å²) in [6.45, 7) is 0.609. The van der Waals surface area contributed by atoms with E-state index in [1.807, 2.05) is 0 Å². The van der Waals surface area contributed by atoms with Crippen LogP contribution in [0.25, 0.3) is 0 Å². The minimum Gasteiger partial charge on any atom is -0.406 e. The van der Waals surface area contributed by atoms with Gasteiger partial charge >= 0.3 is 6.36 Å². The normalized spacial score (nSPS) is 17.3. The molecular weight excluding hydrogens is 259 g/mol. The zero-order valence-electron chi connectivity index (χ0n) is 10.3. The van der Waals surface area contributed by atoms with Gasteiger partial charge in [0.05, 0.1) is 12.6 Å². The van der Waals surface area contributed by atoms with E-state index in [4.69, 9.17) is 0 Å². The smallest absolute Gasteiger partial charge is 0.406 e. The molecule has 1 aliphatic rings. The van der Waals surface area contributed by atoms with Crippen LogP contribution in [0, 0.1) is 5.92 Å². The van der Waals surface area contributed by atoms with Gasteiger partial charge in [-0.1, -0.05) is 12.1 Å². The van der Waals surface area contributed by atoms with Crippen molar-refractivity contribution < 1.29 is 23.0 Å². The molecule has 0 bridgehead atoms. The molecular formula is C13H16F3NO2. The molecule has 3 nitrogen and oxygen atoms in total. The average molecular weight is 275 g/mol. The first-order chi connectivity index (χ1) is 8.98. The van der Waals surface area contributed by atoms with E-state index in [0.29, 0.717) is 11.5 Å². The molecule has 1 unspecified atom stereocenters. The van der Waals surface area contributed by atoms with Crippen LogP contribution in [0.5, 0.6) is 5.75 Å². The van der Waals surface area contributed by atoms with Crippen molar-refractivity contribution in [2.45, 2.75) is 25.2 Å². The lowest BCUT2D eigenvalue weighted by Gasteiger charge is -2.18. The topological polar surface area (TPSA) is 41.5 Å². The van der Waals surface area contributed by atoms with Gasteiger partial charge < -0.3 is 15.2 Å². The van der Waals surface area contributed by atoms with Gasteiger partial charge in [-0.25, -0.2) is 0 Å². The number of alkyl halides is 3. The molecule has 19 heavy (non-hydrogen) atoms. The monoisotopic (exact) mass is 275 g/mol. The first-order valence-corrected chi connectivity index (χ1v) is 6.18. The van der Waals surface area contributed by atoms with Crippen molar-refractivity contribution in [1.29, 1.82) is 0 Å². The quantitative estimate of drug-likeness (QED) is 0.838. The Morgan fingerprint density at radius 3 is 2.68 bits per heavy atom. The van der Waals surface area contributed by atoms with Gasteiger partial charge in [-0.05, 0) is 43.0 Å². The predicted molar refractivity (Wildman–Crippen MR) is 63.7 cm³/mol. The summed E-state index contributed by atoms with van der Waals surface area (Å²) in [5, 5.41) is 12.5. The molecule has 0 saturated heterocycles. The highest BCUT2D eigenvalue weighted by atomic mass is 19.4. The van der Waals surface area contributed by atoms with Crippen molar-refractivity contribution in [3.8, 4) is 5.75 Å².